The van der Waals surface area contributed by atoms with Crippen LogP contribution in [-0.4, -0.2) is 27.6 Å². The van der Waals surface area contributed by atoms with E-state index < -0.39 is 10.4 Å². The topological polar surface area (TPSA) is 134 Å². The fourth-order valence-electron chi connectivity index (χ4n) is 1.18. The number of rotatable bonds is 0. The van der Waals surface area contributed by atoms with Crippen LogP contribution >= 0.6 is 0 Å². The summed E-state index contributed by atoms with van der Waals surface area (Å²) in [5.41, 5.74) is 6.86. The van der Waals surface area contributed by atoms with Crippen molar-refractivity contribution in [2.75, 3.05) is 5.73 Å². The molecule has 7 nitrogen and oxygen atoms in total. The van der Waals surface area contributed by atoms with E-state index in [-0.39, 0.29) is 5.75 Å². The highest BCUT2D eigenvalue weighted by Crippen LogP contribution is 2.26. The highest BCUT2D eigenvalue weighted by Gasteiger charge is 2.01. The molecule has 1 aromatic heterocycles. The van der Waals surface area contributed by atoms with Crippen molar-refractivity contribution >= 4 is 27.0 Å². The predicted octanol–water partition coefficient (Wildman–Crippen LogP) is 0.870. The first-order chi connectivity index (χ1) is 7.79. The second kappa shape index (κ2) is 4.95. The van der Waals surface area contributed by atoms with Crippen molar-refractivity contribution in [2.45, 2.75) is 0 Å². The third-order valence-corrected chi connectivity index (χ3v) is 1.78. The Hall–Kier alpha value is -1.90. The molecule has 0 amide bonds. The largest absolute Gasteiger partial charge is 0.506 e. The van der Waals surface area contributed by atoms with Crippen LogP contribution in [0.1, 0.15) is 0 Å². The minimum Gasteiger partial charge on any atom is -0.506 e. The molecule has 0 radical (unpaired) electrons. The van der Waals surface area contributed by atoms with Crippen molar-refractivity contribution < 1.29 is 22.6 Å². The fraction of sp³-hybridized carbons (Fsp3) is 0. The van der Waals surface area contributed by atoms with E-state index in [1.165, 1.54) is 0 Å². The van der Waals surface area contributed by atoms with E-state index in [0.717, 1.165) is 5.39 Å². The summed E-state index contributed by atoms with van der Waals surface area (Å²) in [6.07, 6.45) is 1.63. The van der Waals surface area contributed by atoms with Crippen LogP contribution in [0, 0.1) is 0 Å². The van der Waals surface area contributed by atoms with Gasteiger partial charge < -0.3 is 10.8 Å². The van der Waals surface area contributed by atoms with Gasteiger partial charge in [-0.15, -0.1) is 0 Å². The number of anilines is 1. The van der Waals surface area contributed by atoms with Crippen molar-refractivity contribution in [3.63, 3.8) is 0 Å². The molecule has 92 valence electrons. The number of nitrogen functional groups attached to an aromatic ring is 1. The summed E-state index contributed by atoms with van der Waals surface area (Å²) in [5.74, 6) is 0.166. The van der Waals surface area contributed by atoms with E-state index in [1.807, 2.05) is 6.07 Å². The van der Waals surface area contributed by atoms with Gasteiger partial charge in [0, 0.05) is 17.3 Å². The van der Waals surface area contributed by atoms with Gasteiger partial charge in [0.15, 0.2) is 0 Å². The Balaban J connectivity index is 0.000000249. The van der Waals surface area contributed by atoms with Crippen LogP contribution in [0.3, 0.4) is 0 Å². The summed E-state index contributed by atoms with van der Waals surface area (Å²) >= 11 is 0. The minimum absolute atomic E-state index is 0.166. The standard InChI is InChI=1S/C9H8N2O.H2O4S/c10-7-3-4-8(12)9-6(7)2-1-5-11-9;1-5(2,3)4/h1-5,12H,10H2;(H2,1,2,3,4). The number of aromatic nitrogens is 1. The van der Waals surface area contributed by atoms with Gasteiger partial charge in [0.1, 0.15) is 11.3 Å². The second-order valence-electron chi connectivity index (χ2n) is 3.02. The van der Waals surface area contributed by atoms with Gasteiger partial charge >= 0.3 is 10.4 Å². The molecule has 0 fully saturated rings. The Morgan fingerprint density at radius 3 is 2.29 bits per heavy atom. The fourth-order valence-corrected chi connectivity index (χ4v) is 1.18. The molecule has 1 aromatic carbocycles. The first-order valence-corrected chi connectivity index (χ1v) is 5.71. The normalized spacial score (nSPS) is 10.7. The monoisotopic (exact) mass is 258 g/mol. The number of benzene rings is 1. The van der Waals surface area contributed by atoms with E-state index in [2.05, 4.69) is 4.98 Å². The summed E-state index contributed by atoms with van der Waals surface area (Å²) < 4.78 is 31.6. The molecule has 0 saturated carbocycles. The maximum atomic E-state index is 9.38. The molecule has 17 heavy (non-hydrogen) atoms. The van der Waals surface area contributed by atoms with Crippen LogP contribution in [0.4, 0.5) is 5.69 Å². The lowest BCUT2D eigenvalue weighted by Crippen LogP contribution is -1.89. The van der Waals surface area contributed by atoms with Gasteiger partial charge in [-0.05, 0) is 24.3 Å². The van der Waals surface area contributed by atoms with Gasteiger partial charge in [0.25, 0.3) is 0 Å². The summed E-state index contributed by atoms with van der Waals surface area (Å²) in [5, 5.41) is 10.2. The molecule has 5 N–H and O–H groups in total. The zero-order valence-corrected chi connectivity index (χ0v) is 9.29. The van der Waals surface area contributed by atoms with Gasteiger partial charge in [-0.25, -0.2) is 0 Å². The van der Waals surface area contributed by atoms with Crippen LogP contribution in [0.5, 0.6) is 5.75 Å². The molecule has 2 aromatic rings. The van der Waals surface area contributed by atoms with Gasteiger partial charge in [0.05, 0.1) is 0 Å². The SMILES string of the molecule is Nc1ccc(O)c2ncccc12.O=S(=O)(O)O. The number of nitrogens with two attached hydrogens (primary N) is 1. The lowest BCUT2D eigenvalue weighted by molar-refractivity contribution is 0.381. The van der Waals surface area contributed by atoms with Crippen molar-refractivity contribution in [3.05, 3.63) is 30.5 Å². The number of hydrogen-bond donors (Lipinski definition) is 4. The van der Waals surface area contributed by atoms with E-state index in [1.54, 1.807) is 24.4 Å². The van der Waals surface area contributed by atoms with Crippen molar-refractivity contribution in [2.24, 2.45) is 0 Å². The van der Waals surface area contributed by atoms with Crippen LogP contribution in [0.25, 0.3) is 10.9 Å². The molecule has 2 rings (SSSR count). The molecule has 0 atom stereocenters. The van der Waals surface area contributed by atoms with Crippen LogP contribution in [0.15, 0.2) is 30.5 Å². The first-order valence-electron chi connectivity index (χ1n) is 4.31. The van der Waals surface area contributed by atoms with Gasteiger partial charge in [-0.3, -0.25) is 14.1 Å². The van der Waals surface area contributed by atoms with Crippen LogP contribution in [0.2, 0.25) is 0 Å². The molecule has 8 heteroatoms. The van der Waals surface area contributed by atoms with Gasteiger partial charge in [-0.1, -0.05) is 0 Å². The molecular weight excluding hydrogens is 248 g/mol. The third kappa shape index (κ3) is 4.23. The Morgan fingerprint density at radius 1 is 1.18 bits per heavy atom. The molecule has 1 heterocycles. The average Bonchev–Trinajstić information content (AvgIpc) is 2.22. The lowest BCUT2D eigenvalue weighted by atomic mass is 10.2. The number of fused-ring (bicyclic) bond motifs is 1. The quantitative estimate of drug-likeness (QED) is 0.313. The van der Waals surface area contributed by atoms with E-state index >= 15 is 0 Å². The molecular formula is C9H10N2O5S. The molecule has 0 aliphatic heterocycles. The lowest BCUT2D eigenvalue weighted by Gasteiger charge is -2.01. The molecule has 0 bridgehead atoms. The molecule has 0 aliphatic rings. The van der Waals surface area contributed by atoms with E-state index in [9.17, 15) is 5.11 Å². The Bertz CT molecular complexity index is 578. The smallest absolute Gasteiger partial charge is 0.394 e. The second-order valence-corrected chi connectivity index (χ2v) is 3.92. The molecule has 0 spiro atoms. The van der Waals surface area contributed by atoms with Crippen LogP contribution in [-0.2, 0) is 10.4 Å². The van der Waals surface area contributed by atoms with E-state index in [4.69, 9.17) is 23.3 Å². The number of aromatic hydroxyl groups is 1. The Labute approximate surface area is 97.1 Å². The zero-order chi connectivity index (χ0) is 13.1. The van der Waals surface area contributed by atoms with Gasteiger partial charge in [-0.2, -0.15) is 8.42 Å². The third-order valence-electron chi connectivity index (χ3n) is 1.78. The first kappa shape index (κ1) is 13.2. The number of hydrogen-bond acceptors (Lipinski definition) is 5. The van der Waals surface area contributed by atoms with Crippen molar-refractivity contribution in [3.8, 4) is 5.75 Å². The molecule has 0 saturated heterocycles. The number of pyridine rings is 1. The highest BCUT2D eigenvalue weighted by atomic mass is 32.3. The van der Waals surface area contributed by atoms with Crippen molar-refractivity contribution in [1.29, 1.82) is 0 Å². The van der Waals surface area contributed by atoms with Gasteiger partial charge in [0.2, 0.25) is 0 Å². The molecule has 0 unspecified atom stereocenters. The Kier molecular flexibility index (Phi) is 3.84. The minimum atomic E-state index is -4.67. The molecule has 0 aliphatic carbocycles. The predicted molar refractivity (Wildman–Crippen MR) is 62.0 cm³/mol. The van der Waals surface area contributed by atoms with Crippen molar-refractivity contribution in [1.82, 2.24) is 4.98 Å². The summed E-state index contributed by atoms with van der Waals surface area (Å²) in [6, 6.07) is 6.83. The Morgan fingerprint density at radius 2 is 1.76 bits per heavy atom. The number of phenolic OH excluding ortho intramolecular Hbond substituents is 1. The number of nitrogens with zero attached hydrogens (tertiary/aromatic N) is 1. The maximum Gasteiger partial charge on any atom is 0.394 e. The summed E-state index contributed by atoms with van der Waals surface area (Å²) in [7, 11) is -4.67. The summed E-state index contributed by atoms with van der Waals surface area (Å²) in [4.78, 5) is 4.01. The zero-order valence-electron chi connectivity index (χ0n) is 8.48. The average molecular weight is 258 g/mol. The van der Waals surface area contributed by atoms with Crippen LogP contribution < -0.4 is 5.73 Å². The summed E-state index contributed by atoms with van der Waals surface area (Å²) in [6.45, 7) is 0. The number of phenols is 1. The maximum absolute atomic E-state index is 9.38. The highest BCUT2D eigenvalue weighted by molar-refractivity contribution is 7.79. The van der Waals surface area contributed by atoms with E-state index in [0.29, 0.717) is 11.2 Å².